The van der Waals surface area contributed by atoms with Crippen LogP contribution in [0.15, 0.2) is 0 Å². The molecule has 15 heavy (non-hydrogen) atoms. The van der Waals surface area contributed by atoms with Crippen LogP contribution in [0, 0.1) is 0 Å². The van der Waals surface area contributed by atoms with Gasteiger partial charge in [0.2, 0.25) is 0 Å². The largest absolute Gasteiger partial charge is 0.315 e. The molecule has 1 N–H and O–H groups in total. The molecule has 1 aliphatic rings. The maximum Gasteiger partial charge on any atom is 0.0221 e. The molecule has 1 rings (SSSR count). The zero-order valence-electron chi connectivity index (χ0n) is 10.3. The number of thioether (sulfide) groups is 1. The quantitative estimate of drug-likeness (QED) is 0.675. The first kappa shape index (κ1) is 13.3. The summed E-state index contributed by atoms with van der Waals surface area (Å²) in [4.78, 5) is 2.66. The molecular weight excluding hydrogens is 204 g/mol. The summed E-state index contributed by atoms with van der Waals surface area (Å²) in [5.41, 5.74) is 0. The second-order valence-corrected chi connectivity index (χ2v) is 5.57. The molecule has 1 unspecified atom stereocenters. The molecule has 0 spiro atoms. The van der Waals surface area contributed by atoms with E-state index in [1.54, 1.807) is 0 Å². The van der Waals surface area contributed by atoms with Gasteiger partial charge >= 0.3 is 0 Å². The highest BCUT2D eigenvalue weighted by Gasteiger charge is 2.18. The first-order valence-electron chi connectivity index (χ1n) is 6.41. The van der Waals surface area contributed by atoms with E-state index in [1.807, 2.05) is 0 Å². The van der Waals surface area contributed by atoms with E-state index in [4.69, 9.17) is 0 Å². The molecule has 0 aromatic rings. The van der Waals surface area contributed by atoms with Gasteiger partial charge in [0.05, 0.1) is 0 Å². The van der Waals surface area contributed by atoms with E-state index in [9.17, 15) is 0 Å². The summed E-state index contributed by atoms with van der Waals surface area (Å²) in [5.74, 6) is 2.59. The molecule has 1 atom stereocenters. The Balaban J connectivity index is 2.15. The van der Waals surface area contributed by atoms with Crippen molar-refractivity contribution < 1.29 is 0 Å². The molecule has 0 aromatic carbocycles. The molecule has 0 aromatic heterocycles. The normalized spacial score (nSPS) is 22.2. The molecule has 0 amide bonds. The first-order chi connectivity index (χ1) is 7.38. The molecule has 0 bridgehead atoms. The van der Waals surface area contributed by atoms with Crippen LogP contribution in [0.25, 0.3) is 0 Å². The van der Waals surface area contributed by atoms with Gasteiger partial charge in [-0.25, -0.2) is 0 Å². The van der Waals surface area contributed by atoms with Crippen molar-refractivity contribution in [2.45, 2.75) is 39.2 Å². The van der Waals surface area contributed by atoms with Gasteiger partial charge in [-0.2, -0.15) is 11.8 Å². The molecular formula is C12H26N2S. The van der Waals surface area contributed by atoms with E-state index in [1.165, 1.54) is 56.9 Å². The van der Waals surface area contributed by atoms with Crippen LogP contribution in [0.5, 0.6) is 0 Å². The van der Waals surface area contributed by atoms with Gasteiger partial charge in [0, 0.05) is 12.6 Å². The average Bonchev–Trinajstić information content (AvgIpc) is 2.30. The Morgan fingerprint density at radius 2 is 2.27 bits per heavy atom. The zero-order chi connectivity index (χ0) is 10.9. The number of nitrogens with one attached hydrogen (secondary N) is 1. The molecule has 0 saturated carbocycles. The number of nitrogens with zero attached hydrogens (tertiary/aromatic N) is 1. The van der Waals surface area contributed by atoms with Gasteiger partial charge in [-0.05, 0) is 50.4 Å². The van der Waals surface area contributed by atoms with E-state index in [2.05, 4.69) is 35.8 Å². The van der Waals surface area contributed by atoms with Gasteiger partial charge in [0.25, 0.3) is 0 Å². The maximum atomic E-state index is 3.50. The summed E-state index contributed by atoms with van der Waals surface area (Å²) < 4.78 is 0. The fraction of sp³-hybridized carbons (Fsp3) is 1.00. The van der Waals surface area contributed by atoms with Crippen LogP contribution in [-0.2, 0) is 0 Å². The highest BCUT2D eigenvalue weighted by atomic mass is 32.2. The Bertz CT molecular complexity index is 147. The van der Waals surface area contributed by atoms with Crippen molar-refractivity contribution in [1.29, 1.82) is 0 Å². The Kier molecular flexibility index (Phi) is 7.49. The minimum Gasteiger partial charge on any atom is -0.315 e. The lowest BCUT2D eigenvalue weighted by atomic mass is 10.1. The number of likely N-dealkylation sites (N-methyl/N-ethyl adjacent to an activating group) is 1. The van der Waals surface area contributed by atoms with Crippen LogP contribution < -0.4 is 5.32 Å². The fourth-order valence-corrected chi connectivity index (χ4v) is 2.88. The van der Waals surface area contributed by atoms with Gasteiger partial charge in [-0.3, -0.25) is 4.90 Å². The van der Waals surface area contributed by atoms with Crippen molar-refractivity contribution in [3.63, 3.8) is 0 Å². The van der Waals surface area contributed by atoms with E-state index in [0.717, 1.165) is 6.04 Å². The molecule has 3 heteroatoms. The Hall–Kier alpha value is 0.270. The number of hydrogen-bond acceptors (Lipinski definition) is 3. The highest BCUT2D eigenvalue weighted by Crippen LogP contribution is 2.11. The monoisotopic (exact) mass is 230 g/mol. The summed E-state index contributed by atoms with van der Waals surface area (Å²) in [6, 6.07) is 0.801. The van der Waals surface area contributed by atoms with Gasteiger partial charge in [-0.15, -0.1) is 0 Å². The Morgan fingerprint density at radius 3 is 2.87 bits per heavy atom. The van der Waals surface area contributed by atoms with Gasteiger partial charge < -0.3 is 5.32 Å². The van der Waals surface area contributed by atoms with E-state index in [-0.39, 0.29) is 0 Å². The topological polar surface area (TPSA) is 15.3 Å². The van der Waals surface area contributed by atoms with Gasteiger partial charge in [0.1, 0.15) is 0 Å². The van der Waals surface area contributed by atoms with Crippen molar-refractivity contribution in [2.24, 2.45) is 0 Å². The van der Waals surface area contributed by atoms with Crippen molar-refractivity contribution in [1.82, 2.24) is 10.2 Å². The summed E-state index contributed by atoms with van der Waals surface area (Å²) in [5, 5.41) is 3.50. The lowest BCUT2D eigenvalue weighted by molar-refractivity contribution is 0.175. The fourth-order valence-electron chi connectivity index (χ4n) is 2.26. The standard InChI is InChI=1S/C12H26N2S/c1-3-14(9-6-10-15-4-2)12-7-5-8-13-11-12/h12-13H,3-11H2,1-2H3. The SMILES string of the molecule is CCSCCCN(CC)C1CCCNC1. The lowest BCUT2D eigenvalue weighted by Gasteiger charge is -2.33. The number of hydrogen-bond donors (Lipinski definition) is 1. The van der Waals surface area contributed by atoms with Crippen molar-refractivity contribution in [2.75, 3.05) is 37.7 Å². The third-order valence-corrected chi connectivity index (χ3v) is 4.12. The van der Waals surface area contributed by atoms with Crippen LogP contribution in [0.1, 0.15) is 33.1 Å². The predicted octanol–water partition coefficient (Wildman–Crippen LogP) is 2.20. The summed E-state index contributed by atoms with van der Waals surface area (Å²) in [7, 11) is 0. The Labute approximate surface area is 99.2 Å². The number of piperidine rings is 1. The van der Waals surface area contributed by atoms with E-state index >= 15 is 0 Å². The maximum absolute atomic E-state index is 3.50. The molecule has 1 heterocycles. The second-order valence-electron chi connectivity index (χ2n) is 4.18. The lowest BCUT2D eigenvalue weighted by Crippen LogP contribution is -2.46. The minimum absolute atomic E-state index is 0.801. The van der Waals surface area contributed by atoms with Crippen LogP contribution >= 0.6 is 11.8 Å². The Morgan fingerprint density at radius 1 is 1.40 bits per heavy atom. The average molecular weight is 230 g/mol. The predicted molar refractivity (Wildman–Crippen MR) is 70.8 cm³/mol. The highest BCUT2D eigenvalue weighted by molar-refractivity contribution is 7.99. The van der Waals surface area contributed by atoms with Crippen LogP contribution in [0.3, 0.4) is 0 Å². The molecule has 0 aliphatic carbocycles. The third-order valence-electron chi connectivity index (χ3n) is 3.13. The van der Waals surface area contributed by atoms with Crippen molar-refractivity contribution >= 4 is 11.8 Å². The van der Waals surface area contributed by atoms with Crippen molar-refractivity contribution in [3.8, 4) is 0 Å². The van der Waals surface area contributed by atoms with E-state index in [0.29, 0.717) is 0 Å². The molecule has 0 radical (unpaired) electrons. The first-order valence-corrected chi connectivity index (χ1v) is 7.56. The summed E-state index contributed by atoms with van der Waals surface area (Å²) in [6.07, 6.45) is 4.09. The number of rotatable bonds is 7. The molecule has 2 nitrogen and oxygen atoms in total. The zero-order valence-corrected chi connectivity index (χ0v) is 11.1. The van der Waals surface area contributed by atoms with Crippen LogP contribution in [0.2, 0.25) is 0 Å². The molecule has 1 aliphatic heterocycles. The summed E-state index contributed by atoms with van der Waals surface area (Å²) >= 11 is 2.06. The smallest absolute Gasteiger partial charge is 0.0221 e. The molecule has 90 valence electrons. The van der Waals surface area contributed by atoms with Crippen LogP contribution in [-0.4, -0.2) is 48.6 Å². The molecule has 1 saturated heterocycles. The third kappa shape index (κ3) is 5.23. The van der Waals surface area contributed by atoms with Gasteiger partial charge in [-0.1, -0.05) is 13.8 Å². The minimum atomic E-state index is 0.801. The van der Waals surface area contributed by atoms with Crippen molar-refractivity contribution in [3.05, 3.63) is 0 Å². The molecule has 1 fully saturated rings. The summed E-state index contributed by atoms with van der Waals surface area (Å²) in [6.45, 7) is 9.46. The van der Waals surface area contributed by atoms with Gasteiger partial charge in [0.15, 0.2) is 0 Å². The van der Waals surface area contributed by atoms with Crippen LogP contribution in [0.4, 0.5) is 0 Å². The van der Waals surface area contributed by atoms with E-state index < -0.39 is 0 Å². The second kappa shape index (κ2) is 8.43.